The largest absolute Gasteiger partial charge is 0.496 e. The maximum atomic E-state index is 12.3. The van der Waals surface area contributed by atoms with Crippen LogP contribution in [0.15, 0.2) is 72.8 Å². The highest BCUT2D eigenvalue weighted by Gasteiger charge is 2.22. The molecule has 0 atom stereocenters. The molecule has 0 radical (unpaired) electrons. The van der Waals surface area contributed by atoms with Gasteiger partial charge < -0.3 is 19.7 Å². The van der Waals surface area contributed by atoms with E-state index >= 15 is 0 Å². The van der Waals surface area contributed by atoms with Crippen molar-refractivity contribution in [3.05, 3.63) is 100 Å². The first kappa shape index (κ1) is 21.0. The van der Waals surface area contributed by atoms with Gasteiger partial charge in [-0.3, -0.25) is 0 Å². The molecule has 5 nitrogen and oxygen atoms in total. The normalized spacial score (nSPS) is 11.0. The van der Waals surface area contributed by atoms with E-state index in [1.165, 1.54) is 0 Å². The summed E-state index contributed by atoms with van der Waals surface area (Å²) in [6.45, 7) is 1.44. The van der Waals surface area contributed by atoms with Gasteiger partial charge in [-0.25, -0.2) is 4.79 Å². The highest BCUT2D eigenvalue weighted by atomic mass is 35.5. The van der Waals surface area contributed by atoms with Gasteiger partial charge in [-0.05, 0) is 29.8 Å². The zero-order valence-electron chi connectivity index (χ0n) is 17.1. The van der Waals surface area contributed by atoms with E-state index in [4.69, 9.17) is 16.3 Å². The third kappa shape index (κ3) is 4.43. The van der Waals surface area contributed by atoms with Crippen molar-refractivity contribution in [3.63, 3.8) is 0 Å². The third-order valence-corrected chi connectivity index (χ3v) is 5.59. The van der Waals surface area contributed by atoms with Crippen LogP contribution in [0.5, 0.6) is 5.75 Å². The Kier molecular flexibility index (Phi) is 6.26. The fourth-order valence-corrected chi connectivity index (χ4v) is 4.03. The van der Waals surface area contributed by atoms with Gasteiger partial charge in [0.15, 0.2) is 0 Å². The number of hydrogen-bond acceptors (Lipinski definition) is 3. The molecule has 0 aliphatic heterocycles. The maximum Gasteiger partial charge on any atom is 0.352 e. The lowest BCUT2D eigenvalue weighted by atomic mass is 10.1. The van der Waals surface area contributed by atoms with Crippen LogP contribution in [0.1, 0.15) is 27.2 Å². The van der Waals surface area contributed by atoms with Crippen LogP contribution in [0.3, 0.4) is 0 Å². The molecule has 3 aromatic carbocycles. The molecule has 0 fully saturated rings. The number of para-hydroxylation sites is 2. The number of nitrogens with zero attached hydrogens (tertiary/aromatic N) is 1. The Morgan fingerprint density at radius 3 is 2.45 bits per heavy atom. The summed E-state index contributed by atoms with van der Waals surface area (Å²) < 4.78 is 7.27. The fraction of sp³-hybridized carbons (Fsp3) is 0.160. The van der Waals surface area contributed by atoms with Crippen LogP contribution < -0.4 is 10.1 Å². The molecule has 0 amide bonds. The second-order valence-electron chi connectivity index (χ2n) is 7.28. The van der Waals surface area contributed by atoms with Crippen LogP contribution in [-0.4, -0.2) is 22.8 Å². The zero-order valence-corrected chi connectivity index (χ0v) is 17.9. The number of carboxylic acid groups (broad SMARTS) is 1. The molecule has 0 aliphatic carbocycles. The van der Waals surface area contributed by atoms with E-state index in [0.29, 0.717) is 30.4 Å². The second kappa shape index (κ2) is 9.25. The number of hydrogen-bond donors (Lipinski definition) is 2. The molecule has 1 aromatic heterocycles. The molecule has 0 aliphatic rings. The molecule has 31 heavy (non-hydrogen) atoms. The van der Waals surface area contributed by atoms with E-state index in [1.54, 1.807) is 7.11 Å². The summed E-state index contributed by atoms with van der Waals surface area (Å²) in [4.78, 5) is 12.3. The first-order chi connectivity index (χ1) is 15.1. The maximum absolute atomic E-state index is 12.3. The number of halogens is 1. The summed E-state index contributed by atoms with van der Waals surface area (Å²) in [6, 6.07) is 23.1. The van der Waals surface area contributed by atoms with Gasteiger partial charge in [0.2, 0.25) is 0 Å². The number of carboxylic acids is 1. The minimum atomic E-state index is -0.945. The first-order valence-corrected chi connectivity index (χ1v) is 10.4. The van der Waals surface area contributed by atoms with E-state index in [2.05, 4.69) is 5.32 Å². The Hall–Kier alpha value is -3.28. The summed E-state index contributed by atoms with van der Waals surface area (Å²) in [5.74, 6) is -0.141. The molecule has 0 saturated carbocycles. The highest BCUT2D eigenvalue weighted by Crippen LogP contribution is 2.28. The average molecular weight is 435 g/mol. The van der Waals surface area contributed by atoms with E-state index in [1.807, 2.05) is 77.4 Å². The van der Waals surface area contributed by atoms with Crippen LogP contribution in [-0.2, 0) is 19.6 Å². The van der Waals surface area contributed by atoms with Gasteiger partial charge in [0.25, 0.3) is 0 Å². The van der Waals surface area contributed by atoms with Crippen LogP contribution in [0.2, 0.25) is 5.02 Å². The molecule has 0 spiro atoms. The molecule has 1 heterocycles. The quantitative estimate of drug-likeness (QED) is 0.393. The molecule has 2 N–H and O–H groups in total. The molecular formula is C25H23ClN2O3. The Morgan fingerprint density at radius 1 is 1.00 bits per heavy atom. The topological polar surface area (TPSA) is 63.5 Å². The van der Waals surface area contributed by atoms with Crippen LogP contribution in [0, 0.1) is 0 Å². The van der Waals surface area contributed by atoms with Gasteiger partial charge in [0.05, 0.1) is 7.11 Å². The van der Waals surface area contributed by atoms with Gasteiger partial charge in [0, 0.05) is 46.7 Å². The first-order valence-electron chi connectivity index (χ1n) is 9.99. The Balaban J connectivity index is 1.68. The molecule has 0 saturated heterocycles. The van der Waals surface area contributed by atoms with E-state index in [9.17, 15) is 9.90 Å². The summed E-state index contributed by atoms with van der Waals surface area (Å²) in [7, 11) is 1.64. The minimum Gasteiger partial charge on any atom is -0.496 e. The summed E-state index contributed by atoms with van der Waals surface area (Å²) in [5, 5.41) is 15.1. The lowest BCUT2D eigenvalue weighted by Crippen LogP contribution is -2.17. The molecule has 158 valence electrons. The van der Waals surface area contributed by atoms with E-state index in [0.717, 1.165) is 33.3 Å². The molecule has 4 rings (SSSR count). The lowest BCUT2D eigenvalue weighted by Gasteiger charge is -2.11. The Morgan fingerprint density at radius 2 is 1.71 bits per heavy atom. The average Bonchev–Trinajstić information content (AvgIpc) is 3.09. The van der Waals surface area contributed by atoms with Crippen LogP contribution in [0.25, 0.3) is 10.9 Å². The van der Waals surface area contributed by atoms with Crippen molar-refractivity contribution >= 4 is 28.5 Å². The van der Waals surface area contributed by atoms with Crippen molar-refractivity contribution in [2.45, 2.75) is 19.6 Å². The predicted octanol–water partition coefficient (Wildman–Crippen LogP) is 5.34. The van der Waals surface area contributed by atoms with Gasteiger partial charge in [-0.1, -0.05) is 60.1 Å². The van der Waals surface area contributed by atoms with Gasteiger partial charge in [0.1, 0.15) is 11.4 Å². The SMILES string of the molecule is COc1ccccc1CNCc1c(C(=O)O)n(Cc2ccc(Cl)cc2)c2ccccc12. The lowest BCUT2D eigenvalue weighted by molar-refractivity contribution is 0.0684. The number of rotatable bonds is 8. The van der Waals surface area contributed by atoms with E-state index < -0.39 is 5.97 Å². The van der Waals surface area contributed by atoms with Crippen LogP contribution >= 0.6 is 11.6 Å². The second-order valence-corrected chi connectivity index (χ2v) is 7.71. The standard InChI is InChI=1S/C25H23ClN2O3/c1-31-23-9-5-2-6-18(23)14-27-15-21-20-7-3-4-8-22(20)28(24(21)25(29)30)16-17-10-12-19(26)13-11-17/h2-13,27H,14-16H2,1H3,(H,29,30). The highest BCUT2D eigenvalue weighted by molar-refractivity contribution is 6.30. The molecule has 0 bridgehead atoms. The Bertz CT molecular complexity index is 1220. The number of carbonyl (C=O) groups is 1. The number of aromatic nitrogens is 1. The van der Waals surface area contributed by atoms with Crippen molar-refractivity contribution in [3.8, 4) is 5.75 Å². The third-order valence-electron chi connectivity index (χ3n) is 5.34. The monoisotopic (exact) mass is 434 g/mol. The van der Waals surface area contributed by atoms with Crippen LogP contribution in [0.4, 0.5) is 0 Å². The smallest absolute Gasteiger partial charge is 0.352 e. The molecular weight excluding hydrogens is 412 g/mol. The predicted molar refractivity (Wildman–Crippen MR) is 123 cm³/mol. The number of ether oxygens (including phenoxy) is 1. The Labute approximate surface area is 185 Å². The zero-order chi connectivity index (χ0) is 21.8. The number of aromatic carboxylic acids is 1. The van der Waals surface area contributed by atoms with Gasteiger partial charge >= 0.3 is 5.97 Å². The number of benzene rings is 3. The van der Waals surface area contributed by atoms with Crippen molar-refractivity contribution in [2.24, 2.45) is 0 Å². The van der Waals surface area contributed by atoms with E-state index in [-0.39, 0.29) is 0 Å². The van der Waals surface area contributed by atoms with Crippen molar-refractivity contribution in [1.29, 1.82) is 0 Å². The van der Waals surface area contributed by atoms with Crippen molar-refractivity contribution in [1.82, 2.24) is 9.88 Å². The number of nitrogens with one attached hydrogen (secondary N) is 1. The molecule has 0 unspecified atom stereocenters. The minimum absolute atomic E-state index is 0.295. The van der Waals surface area contributed by atoms with Gasteiger partial charge in [-0.15, -0.1) is 0 Å². The summed E-state index contributed by atoms with van der Waals surface area (Å²) in [5.41, 5.74) is 3.97. The van der Waals surface area contributed by atoms with Crippen molar-refractivity contribution in [2.75, 3.05) is 7.11 Å². The number of fused-ring (bicyclic) bond motifs is 1. The summed E-state index contributed by atoms with van der Waals surface area (Å²) in [6.07, 6.45) is 0. The number of methoxy groups -OCH3 is 1. The molecule has 6 heteroatoms. The fourth-order valence-electron chi connectivity index (χ4n) is 3.91. The molecule has 4 aromatic rings. The summed E-state index contributed by atoms with van der Waals surface area (Å²) >= 11 is 6.01. The van der Waals surface area contributed by atoms with Crippen molar-refractivity contribution < 1.29 is 14.6 Å². The van der Waals surface area contributed by atoms with Gasteiger partial charge in [-0.2, -0.15) is 0 Å².